The summed E-state index contributed by atoms with van der Waals surface area (Å²) in [6, 6.07) is 0.656. The molecular weight excluding hydrogens is 278 g/mol. The van der Waals surface area contributed by atoms with E-state index in [0.717, 1.165) is 16.8 Å². The molecule has 1 aliphatic carbocycles. The minimum Gasteiger partial charge on any atom is -0.352 e. The molecule has 0 atom stereocenters. The molecular formula is C13H20BrN3. The highest BCUT2D eigenvalue weighted by Gasteiger charge is 2.25. The second-order valence-corrected chi connectivity index (χ2v) is 6.03. The van der Waals surface area contributed by atoms with E-state index in [1.165, 1.54) is 25.7 Å². The number of hydrogen-bond donors (Lipinski definition) is 0. The van der Waals surface area contributed by atoms with Gasteiger partial charge in [-0.1, -0.05) is 26.7 Å². The molecule has 0 aromatic carbocycles. The number of nitrogens with zero attached hydrogens (tertiary/aromatic N) is 3. The molecule has 1 aromatic heterocycles. The molecule has 2 rings (SSSR count). The molecule has 3 nitrogen and oxygen atoms in total. The van der Waals surface area contributed by atoms with Crippen molar-refractivity contribution in [2.45, 2.75) is 45.6 Å². The van der Waals surface area contributed by atoms with Crippen molar-refractivity contribution >= 4 is 21.7 Å². The molecule has 0 N–H and O–H groups in total. The normalized spacial score (nSPS) is 16.7. The van der Waals surface area contributed by atoms with Crippen LogP contribution in [0.4, 0.5) is 5.82 Å². The van der Waals surface area contributed by atoms with Crippen LogP contribution in [0.25, 0.3) is 0 Å². The van der Waals surface area contributed by atoms with E-state index in [4.69, 9.17) is 0 Å². The second-order valence-electron chi connectivity index (χ2n) is 5.18. The molecule has 0 saturated heterocycles. The van der Waals surface area contributed by atoms with Gasteiger partial charge in [0.2, 0.25) is 0 Å². The van der Waals surface area contributed by atoms with Crippen LogP contribution in [0.3, 0.4) is 0 Å². The summed E-state index contributed by atoms with van der Waals surface area (Å²) in [4.78, 5) is 11.0. The minimum absolute atomic E-state index is 0.650. The largest absolute Gasteiger partial charge is 0.352 e. The third-order valence-corrected chi connectivity index (χ3v) is 3.81. The van der Waals surface area contributed by atoms with E-state index in [0.29, 0.717) is 12.0 Å². The summed E-state index contributed by atoms with van der Waals surface area (Å²) < 4.78 is 1.01. The van der Waals surface area contributed by atoms with Gasteiger partial charge in [0.1, 0.15) is 12.1 Å². The SMILES string of the molecule is CC(C)CN(c1ncncc1Br)C1CCCC1. The molecule has 94 valence electrons. The standard InChI is InChI=1S/C13H20BrN3/c1-10(2)8-17(11-5-3-4-6-11)13-12(14)7-15-9-16-13/h7,9-11H,3-6,8H2,1-2H3. The summed E-state index contributed by atoms with van der Waals surface area (Å²) in [5, 5.41) is 0. The molecule has 1 fully saturated rings. The third-order valence-electron chi connectivity index (χ3n) is 3.25. The van der Waals surface area contributed by atoms with Crippen molar-refractivity contribution in [1.29, 1.82) is 0 Å². The van der Waals surface area contributed by atoms with E-state index >= 15 is 0 Å². The van der Waals surface area contributed by atoms with E-state index in [2.05, 4.69) is 44.6 Å². The van der Waals surface area contributed by atoms with Gasteiger partial charge in [0.05, 0.1) is 4.47 Å². The Morgan fingerprint density at radius 2 is 2.12 bits per heavy atom. The van der Waals surface area contributed by atoms with Gasteiger partial charge in [-0.05, 0) is 34.7 Å². The molecule has 0 spiro atoms. The van der Waals surface area contributed by atoms with Gasteiger partial charge in [0, 0.05) is 18.8 Å². The molecule has 4 heteroatoms. The van der Waals surface area contributed by atoms with Crippen LogP contribution in [0.1, 0.15) is 39.5 Å². The zero-order chi connectivity index (χ0) is 12.3. The Kier molecular flexibility index (Phi) is 4.37. The maximum atomic E-state index is 4.44. The summed E-state index contributed by atoms with van der Waals surface area (Å²) in [6.07, 6.45) is 8.77. The lowest BCUT2D eigenvalue weighted by Crippen LogP contribution is -2.37. The Balaban J connectivity index is 2.22. The number of halogens is 1. The predicted octanol–water partition coefficient (Wildman–Crippen LogP) is 3.64. The van der Waals surface area contributed by atoms with Gasteiger partial charge in [0.25, 0.3) is 0 Å². The lowest BCUT2D eigenvalue weighted by Gasteiger charge is -2.32. The highest BCUT2D eigenvalue weighted by molar-refractivity contribution is 9.10. The summed E-state index contributed by atoms with van der Waals surface area (Å²) in [5.74, 6) is 1.71. The Morgan fingerprint density at radius 3 is 2.71 bits per heavy atom. The molecule has 0 radical (unpaired) electrons. The maximum absolute atomic E-state index is 4.44. The Bertz CT molecular complexity index is 361. The Labute approximate surface area is 112 Å². The molecule has 1 saturated carbocycles. The summed E-state index contributed by atoms with van der Waals surface area (Å²) >= 11 is 3.57. The monoisotopic (exact) mass is 297 g/mol. The van der Waals surface area contributed by atoms with Crippen LogP contribution in [-0.2, 0) is 0 Å². The lowest BCUT2D eigenvalue weighted by atomic mass is 10.1. The van der Waals surface area contributed by atoms with Crippen LogP contribution in [0, 0.1) is 5.92 Å². The highest BCUT2D eigenvalue weighted by Crippen LogP contribution is 2.31. The van der Waals surface area contributed by atoms with Crippen molar-refractivity contribution in [3.63, 3.8) is 0 Å². The quantitative estimate of drug-likeness (QED) is 0.849. The van der Waals surface area contributed by atoms with Gasteiger partial charge in [-0.25, -0.2) is 9.97 Å². The van der Waals surface area contributed by atoms with Crippen LogP contribution in [0.2, 0.25) is 0 Å². The number of aromatic nitrogens is 2. The van der Waals surface area contributed by atoms with Crippen molar-refractivity contribution < 1.29 is 0 Å². The van der Waals surface area contributed by atoms with Gasteiger partial charge < -0.3 is 4.90 Å². The fourth-order valence-corrected chi connectivity index (χ4v) is 2.98. The van der Waals surface area contributed by atoms with Crippen molar-refractivity contribution in [1.82, 2.24) is 9.97 Å². The van der Waals surface area contributed by atoms with Crippen molar-refractivity contribution in [3.05, 3.63) is 17.0 Å². The summed E-state index contributed by atoms with van der Waals surface area (Å²) in [5.41, 5.74) is 0. The molecule has 1 aromatic rings. The smallest absolute Gasteiger partial charge is 0.146 e. The Hall–Kier alpha value is -0.640. The van der Waals surface area contributed by atoms with Crippen LogP contribution >= 0.6 is 15.9 Å². The molecule has 0 aliphatic heterocycles. The van der Waals surface area contributed by atoms with E-state index in [-0.39, 0.29) is 0 Å². The maximum Gasteiger partial charge on any atom is 0.146 e. The molecule has 0 bridgehead atoms. The topological polar surface area (TPSA) is 29.0 Å². The Morgan fingerprint density at radius 1 is 1.41 bits per heavy atom. The van der Waals surface area contributed by atoms with Crippen molar-refractivity contribution in [2.75, 3.05) is 11.4 Å². The highest BCUT2D eigenvalue weighted by atomic mass is 79.9. The number of anilines is 1. The average Bonchev–Trinajstić information content (AvgIpc) is 2.80. The number of rotatable bonds is 4. The first-order chi connectivity index (χ1) is 8.18. The average molecular weight is 298 g/mol. The molecule has 0 unspecified atom stereocenters. The molecule has 1 heterocycles. The van der Waals surface area contributed by atoms with Gasteiger partial charge in [-0.2, -0.15) is 0 Å². The first kappa shape index (κ1) is 12.8. The second kappa shape index (κ2) is 5.80. The fourth-order valence-electron chi connectivity index (χ4n) is 2.54. The predicted molar refractivity (Wildman–Crippen MR) is 74.2 cm³/mol. The van der Waals surface area contributed by atoms with Gasteiger partial charge >= 0.3 is 0 Å². The van der Waals surface area contributed by atoms with E-state index in [1.807, 2.05) is 6.20 Å². The third kappa shape index (κ3) is 3.18. The van der Waals surface area contributed by atoms with Crippen molar-refractivity contribution in [2.24, 2.45) is 5.92 Å². The molecule has 17 heavy (non-hydrogen) atoms. The zero-order valence-electron chi connectivity index (χ0n) is 10.6. The van der Waals surface area contributed by atoms with Gasteiger partial charge in [0.15, 0.2) is 0 Å². The van der Waals surface area contributed by atoms with Gasteiger partial charge in [-0.3, -0.25) is 0 Å². The van der Waals surface area contributed by atoms with E-state index in [9.17, 15) is 0 Å². The first-order valence-electron chi connectivity index (χ1n) is 6.40. The van der Waals surface area contributed by atoms with Crippen molar-refractivity contribution in [3.8, 4) is 0 Å². The molecule has 1 aliphatic rings. The van der Waals surface area contributed by atoms with Crippen LogP contribution in [0.15, 0.2) is 17.0 Å². The van der Waals surface area contributed by atoms with Crippen LogP contribution in [0.5, 0.6) is 0 Å². The summed E-state index contributed by atoms with van der Waals surface area (Å²) in [6.45, 7) is 5.59. The van der Waals surface area contributed by atoms with Gasteiger partial charge in [-0.15, -0.1) is 0 Å². The van der Waals surface area contributed by atoms with Crippen LogP contribution in [-0.4, -0.2) is 22.6 Å². The first-order valence-corrected chi connectivity index (χ1v) is 7.20. The lowest BCUT2D eigenvalue weighted by molar-refractivity contribution is 0.530. The van der Waals surface area contributed by atoms with E-state index in [1.54, 1.807) is 6.33 Å². The zero-order valence-corrected chi connectivity index (χ0v) is 12.2. The van der Waals surface area contributed by atoms with Crippen LogP contribution < -0.4 is 4.90 Å². The number of hydrogen-bond acceptors (Lipinski definition) is 3. The minimum atomic E-state index is 0.650. The summed E-state index contributed by atoms with van der Waals surface area (Å²) in [7, 11) is 0. The van der Waals surface area contributed by atoms with E-state index < -0.39 is 0 Å². The molecule has 0 amide bonds. The fraction of sp³-hybridized carbons (Fsp3) is 0.692.